The number of anilines is 2. The predicted octanol–water partition coefficient (Wildman–Crippen LogP) is 2.24. The maximum atomic E-state index is 11.6. The molecule has 0 radical (unpaired) electrons. The van der Waals surface area contributed by atoms with Crippen molar-refractivity contribution in [3.63, 3.8) is 0 Å². The molecular weight excluding hydrogens is 232 g/mol. The monoisotopic (exact) mass is 248 g/mol. The number of cyclic esters (lactones) is 1. The van der Waals surface area contributed by atoms with Crippen LogP contribution in [0.25, 0.3) is 0 Å². The van der Waals surface area contributed by atoms with Crippen LogP contribution in [-0.2, 0) is 9.53 Å². The Labute approximate surface area is 106 Å². The smallest absolute Gasteiger partial charge is 0.414 e. The topological polar surface area (TPSA) is 58.6 Å². The van der Waals surface area contributed by atoms with E-state index >= 15 is 0 Å². The van der Waals surface area contributed by atoms with Gasteiger partial charge < -0.3 is 10.1 Å². The lowest BCUT2D eigenvalue weighted by molar-refractivity contribution is -0.118. The van der Waals surface area contributed by atoms with Gasteiger partial charge in [-0.15, -0.1) is 0 Å². The summed E-state index contributed by atoms with van der Waals surface area (Å²) in [6.45, 7) is 4.61. The molecule has 1 aliphatic heterocycles. The Hall–Kier alpha value is -2.04. The average molecular weight is 248 g/mol. The molecule has 0 bridgehead atoms. The second-order valence-corrected chi connectivity index (χ2v) is 4.46. The van der Waals surface area contributed by atoms with E-state index < -0.39 is 0 Å². The second-order valence-electron chi connectivity index (χ2n) is 4.46. The molecule has 2 amide bonds. The summed E-state index contributed by atoms with van der Waals surface area (Å²) in [7, 11) is 0. The number of hydrogen-bond donors (Lipinski definition) is 1. The van der Waals surface area contributed by atoms with Crippen LogP contribution in [0.1, 0.15) is 13.8 Å². The van der Waals surface area contributed by atoms with Crippen molar-refractivity contribution in [2.75, 3.05) is 23.4 Å². The summed E-state index contributed by atoms with van der Waals surface area (Å²) in [4.78, 5) is 24.6. The molecule has 5 heteroatoms. The molecule has 1 N–H and O–H groups in total. The van der Waals surface area contributed by atoms with Crippen molar-refractivity contribution in [3.05, 3.63) is 24.3 Å². The number of nitrogens with zero attached hydrogens (tertiary/aromatic N) is 1. The standard InChI is InChI=1S/C13H16N2O3/c1-9(2)12(16)14-10-4-3-5-11(8-10)15-6-7-18-13(15)17/h3-5,8-9H,6-7H2,1-2H3,(H,14,16). The van der Waals surface area contributed by atoms with E-state index in [1.807, 2.05) is 19.9 Å². The molecule has 0 unspecified atom stereocenters. The first-order chi connectivity index (χ1) is 8.58. The second kappa shape index (κ2) is 5.08. The molecule has 1 saturated heterocycles. The number of rotatable bonds is 3. The fourth-order valence-corrected chi connectivity index (χ4v) is 1.67. The van der Waals surface area contributed by atoms with Gasteiger partial charge in [0.25, 0.3) is 0 Å². The van der Waals surface area contributed by atoms with E-state index in [1.165, 1.54) is 0 Å². The van der Waals surface area contributed by atoms with Crippen LogP contribution in [0.3, 0.4) is 0 Å². The zero-order valence-electron chi connectivity index (χ0n) is 10.5. The Bertz CT molecular complexity index is 471. The summed E-state index contributed by atoms with van der Waals surface area (Å²) in [5, 5.41) is 2.80. The van der Waals surface area contributed by atoms with E-state index in [0.29, 0.717) is 18.8 Å². The first-order valence-electron chi connectivity index (χ1n) is 5.93. The van der Waals surface area contributed by atoms with Crippen molar-refractivity contribution in [3.8, 4) is 0 Å². The molecule has 1 heterocycles. The molecule has 0 spiro atoms. The lowest BCUT2D eigenvalue weighted by Crippen LogP contribution is -2.23. The molecule has 1 aromatic rings. The van der Waals surface area contributed by atoms with Gasteiger partial charge in [0.2, 0.25) is 5.91 Å². The van der Waals surface area contributed by atoms with Gasteiger partial charge in [-0.2, -0.15) is 0 Å². The maximum absolute atomic E-state index is 11.6. The Morgan fingerprint density at radius 2 is 2.22 bits per heavy atom. The van der Waals surface area contributed by atoms with Crippen LogP contribution in [0, 0.1) is 5.92 Å². The molecule has 96 valence electrons. The third-order valence-corrected chi connectivity index (χ3v) is 2.71. The molecule has 0 saturated carbocycles. The Morgan fingerprint density at radius 1 is 1.44 bits per heavy atom. The maximum Gasteiger partial charge on any atom is 0.414 e. The van der Waals surface area contributed by atoms with Crippen molar-refractivity contribution in [1.82, 2.24) is 0 Å². The largest absolute Gasteiger partial charge is 0.447 e. The van der Waals surface area contributed by atoms with Gasteiger partial charge in [-0.05, 0) is 18.2 Å². The first kappa shape index (κ1) is 12.4. The molecule has 0 aromatic heterocycles. The van der Waals surface area contributed by atoms with Crippen LogP contribution in [0.15, 0.2) is 24.3 Å². The molecule has 0 aliphatic carbocycles. The Balaban J connectivity index is 2.15. The minimum Gasteiger partial charge on any atom is -0.447 e. The zero-order chi connectivity index (χ0) is 13.1. The van der Waals surface area contributed by atoms with Gasteiger partial charge in [0.15, 0.2) is 0 Å². The molecule has 18 heavy (non-hydrogen) atoms. The molecule has 1 aliphatic rings. The van der Waals surface area contributed by atoms with Crippen LogP contribution in [0.5, 0.6) is 0 Å². The van der Waals surface area contributed by atoms with Crippen molar-refractivity contribution >= 4 is 23.4 Å². The third kappa shape index (κ3) is 2.61. The Kier molecular flexibility index (Phi) is 3.50. The molecule has 1 fully saturated rings. The number of ether oxygens (including phenoxy) is 1. The van der Waals surface area contributed by atoms with Crippen LogP contribution in [0.4, 0.5) is 16.2 Å². The van der Waals surface area contributed by atoms with E-state index in [1.54, 1.807) is 23.1 Å². The summed E-state index contributed by atoms with van der Waals surface area (Å²) < 4.78 is 4.88. The lowest BCUT2D eigenvalue weighted by atomic mass is 10.2. The highest BCUT2D eigenvalue weighted by Gasteiger charge is 2.23. The van der Waals surface area contributed by atoms with Gasteiger partial charge in [0, 0.05) is 17.3 Å². The van der Waals surface area contributed by atoms with E-state index in [0.717, 1.165) is 5.69 Å². The quantitative estimate of drug-likeness (QED) is 0.892. The van der Waals surface area contributed by atoms with Crippen molar-refractivity contribution < 1.29 is 14.3 Å². The van der Waals surface area contributed by atoms with Gasteiger partial charge in [0.1, 0.15) is 6.61 Å². The third-order valence-electron chi connectivity index (χ3n) is 2.71. The lowest BCUT2D eigenvalue weighted by Gasteiger charge is -2.14. The van der Waals surface area contributed by atoms with Crippen molar-refractivity contribution in [1.29, 1.82) is 0 Å². The highest BCUT2D eigenvalue weighted by molar-refractivity contribution is 5.94. The van der Waals surface area contributed by atoms with Gasteiger partial charge >= 0.3 is 6.09 Å². The minimum atomic E-state index is -0.345. The van der Waals surface area contributed by atoms with Gasteiger partial charge in [-0.25, -0.2) is 4.79 Å². The number of nitrogens with one attached hydrogen (secondary N) is 1. The number of hydrogen-bond acceptors (Lipinski definition) is 3. The van der Waals surface area contributed by atoms with Crippen molar-refractivity contribution in [2.45, 2.75) is 13.8 Å². The number of carbonyl (C=O) groups excluding carboxylic acids is 2. The highest BCUT2D eigenvalue weighted by atomic mass is 16.6. The SMILES string of the molecule is CC(C)C(=O)Nc1cccc(N2CCOC2=O)c1. The van der Waals surface area contributed by atoms with Gasteiger partial charge in [-0.3, -0.25) is 9.69 Å². The number of amides is 2. The van der Waals surface area contributed by atoms with Gasteiger partial charge in [-0.1, -0.05) is 19.9 Å². The molecule has 1 aromatic carbocycles. The summed E-state index contributed by atoms with van der Waals surface area (Å²) in [6, 6.07) is 7.19. The predicted molar refractivity (Wildman–Crippen MR) is 68.6 cm³/mol. The van der Waals surface area contributed by atoms with Crippen molar-refractivity contribution in [2.24, 2.45) is 5.92 Å². The molecule has 0 atom stereocenters. The summed E-state index contributed by atoms with van der Waals surface area (Å²) in [5.74, 6) is -0.124. The van der Waals surface area contributed by atoms with E-state index in [-0.39, 0.29) is 17.9 Å². The van der Waals surface area contributed by atoms with Crippen LogP contribution >= 0.6 is 0 Å². The number of benzene rings is 1. The van der Waals surface area contributed by atoms with E-state index in [4.69, 9.17) is 4.74 Å². The van der Waals surface area contributed by atoms with Crippen LogP contribution < -0.4 is 10.2 Å². The van der Waals surface area contributed by atoms with E-state index in [9.17, 15) is 9.59 Å². The zero-order valence-corrected chi connectivity index (χ0v) is 10.5. The van der Waals surface area contributed by atoms with Gasteiger partial charge in [0.05, 0.1) is 6.54 Å². The van der Waals surface area contributed by atoms with E-state index in [2.05, 4.69) is 5.32 Å². The Morgan fingerprint density at radius 3 is 2.83 bits per heavy atom. The number of carbonyl (C=O) groups is 2. The summed E-state index contributed by atoms with van der Waals surface area (Å²) in [5.41, 5.74) is 1.42. The fourth-order valence-electron chi connectivity index (χ4n) is 1.67. The van der Waals surface area contributed by atoms with Crippen LogP contribution in [-0.4, -0.2) is 25.2 Å². The highest BCUT2D eigenvalue weighted by Crippen LogP contribution is 2.22. The summed E-state index contributed by atoms with van der Waals surface area (Å²) >= 11 is 0. The molecule has 5 nitrogen and oxygen atoms in total. The minimum absolute atomic E-state index is 0.0452. The first-order valence-corrected chi connectivity index (χ1v) is 5.93. The van der Waals surface area contributed by atoms with Crippen LogP contribution in [0.2, 0.25) is 0 Å². The molecular formula is C13H16N2O3. The normalized spacial score (nSPS) is 14.8. The average Bonchev–Trinajstić information content (AvgIpc) is 2.75. The fraction of sp³-hybridized carbons (Fsp3) is 0.385. The summed E-state index contributed by atoms with van der Waals surface area (Å²) in [6.07, 6.45) is -0.345. The molecule has 2 rings (SSSR count).